The van der Waals surface area contributed by atoms with E-state index in [4.69, 9.17) is 4.74 Å². The first-order chi connectivity index (χ1) is 13.4. The summed E-state index contributed by atoms with van der Waals surface area (Å²) in [6, 6.07) is 6.38. The van der Waals surface area contributed by atoms with Crippen LogP contribution in [-0.4, -0.2) is 48.1 Å². The Morgan fingerprint density at radius 2 is 2.00 bits per heavy atom. The van der Waals surface area contributed by atoms with E-state index in [9.17, 15) is 13.2 Å². The molecule has 0 unspecified atom stereocenters. The van der Waals surface area contributed by atoms with E-state index in [0.717, 1.165) is 0 Å². The van der Waals surface area contributed by atoms with Crippen LogP contribution in [0.1, 0.15) is 33.6 Å². The molecule has 1 N–H and O–H groups in total. The highest BCUT2D eigenvalue weighted by molar-refractivity contribution is 7.89. The molecule has 0 spiro atoms. The van der Waals surface area contributed by atoms with Gasteiger partial charge in [-0.05, 0) is 37.6 Å². The highest BCUT2D eigenvalue weighted by atomic mass is 32.2. The Morgan fingerprint density at radius 3 is 2.61 bits per heavy atom. The van der Waals surface area contributed by atoms with Crippen molar-refractivity contribution in [2.45, 2.75) is 45.1 Å². The van der Waals surface area contributed by atoms with Crippen LogP contribution < -0.4 is 10.1 Å². The van der Waals surface area contributed by atoms with Crippen molar-refractivity contribution in [1.29, 1.82) is 0 Å². The highest BCUT2D eigenvalue weighted by Crippen LogP contribution is 2.29. The van der Waals surface area contributed by atoms with Crippen LogP contribution in [0, 0.1) is 0 Å². The lowest BCUT2D eigenvalue weighted by Crippen LogP contribution is -2.30. The van der Waals surface area contributed by atoms with Gasteiger partial charge in [0, 0.05) is 38.4 Å². The molecule has 0 aliphatic heterocycles. The number of hydrogen-bond acceptors (Lipinski definition) is 5. The fraction of sp³-hybridized carbons (Fsp3) is 0.474. The number of carbonyl (C=O) groups is 1. The number of aryl methyl sites for hydroxylation is 1. The number of amides is 1. The summed E-state index contributed by atoms with van der Waals surface area (Å²) in [6.07, 6.45) is 4.44. The van der Waals surface area contributed by atoms with Gasteiger partial charge in [0.1, 0.15) is 5.75 Å². The smallest absolute Gasteiger partial charge is 0.243 e. The molecule has 0 atom stereocenters. The second kappa shape index (κ2) is 10.2. The van der Waals surface area contributed by atoms with Crippen molar-refractivity contribution in [3.05, 3.63) is 36.7 Å². The minimum Gasteiger partial charge on any atom is -0.492 e. The first-order valence-corrected chi connectivity index (χ1v) is 10.9. The minimum atomic E-state index is -3.62. The Hall–Kier alpha value is -2.39. The summed E-state index contributed by atoms with van der Waals surface area (Å²) in [6.45, 7) is 7.20. The van der Waals surface area contributed by atoms with Crippen LogP contribution in [0.5, 0.6) is 5.75 Å². The van der Waals surface area contributed by atoms with Gasteiger partial charge in [0.25, 0.3) is 0 Å². The van der Waals surface area contributed by atoms with Gasteiger partial charge < -0.3 is 10.1 Å². The highest BCUT2D eigenvalue weighted by Gasteiger charge is 2.23. The maximum absolute atomic E-state index is 12.8. The monoisotopic (exact) mass is 408 g/mol. The van der Waals surface area contributed by atoms with Gasteiger partial charge in [-0.1, -0.05) is 13.8 Å². The number of sulfonamides is 1. The van der Waals surface area contributed by atoms with Gasteiger partial charge in [0.2, 0.25) is 15.9 Å². The predicted molar refractivity (Wildman–Crippen MR) is 108 cm³/mol. The molecule has 0 aliphatic carbocycles. The van der Waals surface area contributed by atoms with Crippen LogP contribution in [0.25, 0.3) is 0 Å². The van der Waals surface area contributed by atoms with Crippen LogP contribution in [0.3, 0.4) is 0 Å². The Bertz CT molecular complexity index is 862. The summed E-state index contributed by atoms with van der Waals surface area (Å²) in [5, 5.41) is 6.89. The maximum Gasteiger partial charge on any atom is 0.243 e. The summed E-state index contributed by atoms with van der Waals surface area (Å²) in [5.41, 5.74) is 0.360. The molecule has 0 aliphatic rings. The van der Waals surface area contributed by atoms with Gasteiger partial charge in [-0.3, -0.25) is 9.48 Å². The summed E-state index contributed by atoms with van der Waals surface area (Å²) >= 11 is 0. The zero-order valence-electron chi connectivity index (χ0n) is 16.6. The molecule has 0 saturated heterocycles. The van der Waals surface area contributed by atoms with Crippen LogP contribution in [0.2, 0.25) is 0 Å². The zero-order valence-corrected chi connectivity index (χ0v) is 17.4. The van der Waals surface area contributed by atoms with Crippen molar-refractivity contribution >= 4 is 21.6 Å². The SMILES string of the molecule is CCOc1ccc(S(=O)(=O)N(CC)CC)cc1NC(=O)CCCn1cccn1. The molecule has 0 saturated carbocycles. The van der Waals surface area contributed by atoms with Crippen LogP contribution in [0.4, 0.5) is 5.69 Å². The van der Waals surface area contributed by atoms with Crippen molar-refractivity contribution in [1.82, 2.24) is 14.1 Å². The van der Waals surface area contributed by atoms with Gasteiger partial charge >= 0.3 is 0 Å². The maximum atomic E-state index is 12.8. The number of nitrogens with zero attached hydrogens (tertiary/aromatic N) is 3. The van der Waals surface area contributed by atoms with E-state index in [1.165, 1.54) is 16.4 Å². The van der Waals surface area contributed by atoms with E-state index in [-0.39, 0.29) is 10.8 Å². The third-order valence-electron chi connectivity index (χ3n) is 4.22. The largest absolute Gasteiger partial charge is 0.492 e. The predicted octanol–water partition coefficient (Wildman–Crippen LogP) is 2.73. The Balaban J connectivity index is 2.14. The van der Waals surface area contributed by atoms with Crippen molar-refractivity contribution in [2.75, 3.05) is 25.0 Å². The average molecular weight is 409 g/mol. The van der Waals surface area contributed by atoms with Gasteiger partial charge in [-0.25, -0.2) is 8.42 Å². The molecule has 154 valence electrons. The summed E-state index contributed by atoms with van der Waals surface area (Å²) in [5.74, 6) is 0.243. The fourth-order valence-electron chi connectivity index (χ4n) is 2.81. The molecule has 9 heteroatoms. The lowest BCUT2D eigenvalue weighted by molar-refractivity contribution is -0.116. The minimum absolute atomic E-state index is 0.131. The van der Waals surface area contributed by atoms with Crippen molar-refractivity contribution in [3.8, 4) is 5.75 Å². The first kappa shape index (κ1) is 21.9. The number of ether oxygens (including phenoxy) is 1. The number of hydrogen-bond donors (Lipinski definition) is 1. The van der Waals surface area contributed by atoms with Crippen LogP contribution in [-0.2, 0) is 21.4 Å². The number of anilines is 1. The molecule has 1 aromatic heterocycles. The molecular weight excluding hydrogens is 380 g/mol. The lowest BCUT2D eigenvalue weighted by Gasteiger charge is -2.20. The number of nitrogens with one attached hydrogen (secondary N) is 1. The number of rotatable bonds is 11. The Morgan fingerprint density at radius 1 is 1.25 bits per heavy atom. The molecule has 1 amide bonds. The van der Waals surface area contributed by atoms with Crippen molar-refractivity contribution in [2.24, 2.45) is 0 Å². The summed E-state index contributed by atoms with van der Waals surface area (Å²) in [7, 11) is -3.62. The Labute approximate surface area is 166 Å². The van der Waals surface area contributed by atoms with Crippen molar-refractivity contribution < 1.29 is 17.9 Å². The number of benzene rings is 1. The van der Waals surface area contributed by atoms with E-state index >= 15 is 0 Å². The van der Waals surface area contributed by atoms with E-state index in [0.29, 0.717) is 50.5 Å². The molecular formula is C19H28N4O4S. The zero-order chi connectivity index (χ0) is 20.6. The molecule has 28 heavy (non-hydrogen) atoms. The third-order valence-corrected chi connectivity index (χ3v) is 6.26. The van der Waals surface area contributed by atoms with E-state index in [1.54, 1.807) is 30.8 Å². The topological polar surface area (TPSA) is 93.5 Å². The molecule has 8 nitrogen and oxygen atoms in total. The van der Waals surface area contributed by atoms with Gasteiger partial charge in [0.15, 0.2) is 0 Å². The van der Waals surface area contributed by atoms with Gasteiger partial charge in [-0.15, -0.1) is 0 Å². The van der Waals surface area contributed by atoms with Gasteiger partial charge in [0.05, 0.1) is 17.2 Å². The van der Waals surface area contributed by atoms with E-state index in [1.807, 2.05) is 19.2 Å². The number of carbonyl (C=O) groups excluding carboxylic acids is 1. The second-order valence-corrected chi connectivity index (χ2v) is 8.04. The number of aromatic nitrogens is 2. The molecule has 2 aromatic rings. The van der Waals surface area contributed by atoms with E-state index in [2.05, 4.69) is 10.4 Å². The molecule has 0 bridgehead atoms. The average Bonchev–Trinajstić information content (AvgIpc) is 3.17. The molecule has 2 rings (SSSR count). The van der Waals surface area contributed by atoms with Crippen molar-refractivity contribution in [3.63, 3.8) is 0 Å². The van der Waals surface area contributed by atoms with Crippen LogP contribution in [0.15, 0.2) is 41.6 Å². The molecule has 1 aromatic carbocycles. The molecule has 1 heterocycles. The standard InChI is InChI=1S/C19H28N4O4S/c1-4-23(5-2)28(25,26)16-10-11-18(27-6-3)17(15-16)21-19(24)9-7-13-22-14-8-12-20-22/h8,10-12,14-15H,4-7,9,13H2,1-3H3,(H,21,24). The fourth-order valence-corrected chi connectivity index (χ4v) is 4.29. The lowest BCUT2D eigenvalue weighted by atomic mass is 10.2. The van der Waals surface area contributed by atoms with E-state index < -0.39 is 10.0 Å². The van der Waals surface area contributed by atoms with Gasteiger partial charge in [-0.2, -0.15) is 9.40 Å². The molecule has 0 radical (unpaired) electrons. The summed E-state index contributed by atoms with van der Waals surface area (Å²) in [4.78, 5) is 12.5. The third kappa shape index (κ3) is 5.56. The summed E-state index contributed by atoms with van der Waals surface area (Å²) < 4.78 is 34.2. The normalized spacial score (nSPS) is 11.6. The first-order valence-electron chi connectivity index (χ1n) is 9.46. The molecule has 0 fully saturated rings. The Kier molecular flexibility index (Phi) is 8.01. The second-order valence-electron chi connectivity index (χ2n) is 6.10. The quantitative estimate of drug-likeness (QED) is 0.617. The van der Waals surface area contributed by atoms with Crippen LogP contribution >= 0.6 is 0 Å².